The van der Waals surface area contributed by atoms with E-state index in [1.54, 1.807) is 6.20 Å². The Bertz CT molecular complexity index is 485. The Kier molecular flexibility index (Phi) is 4.10. The fourth-order valence-corrected chi connectivity index (χ4v) is 2.63. The van der Waals surface area contributed by atoms with Crippen LogP contribution in [0.1, 0.15) is 22.0 Å². The monoisotopic (exact) mass is 267 g/mol. The molecule has 17 heavy (non-hydrogen) atoms. The van der Waals surface area contributed by atoms with Gasteiger partial charge in [0.15, 0.2) is 0 Å². The molecule has 5 heteroatoms. The molecule has 0 saturated heterocycles. The van der Waals surface area contributed by atoms with Crippen molar-refractivity contribution >= 4 is 23.1 Å². The molecule has 1 N–H and O–H groups in total. The fraction of sp³-hybridized carbons (Fsp3) is 0.333. The number of likely N-dealkylation sites (N-methyl/N-ethyl adjacent to an activating group) is 1. The van der Waals surface area contributed by atoms with E-state index in [9.17, 15) is 0 Å². The molecule has 0 bridgehead atoms. The van der Waals surface area contributed by atoms with E-state index >= 15 is 0 Å². The van der Waals surface area contributed by atoms with Crippen LogP contribution in [0.4, 0.5) is 0 Å². The van der Waals surface area contributed by atoms with Gasteiger partial charge in [0.25, 0.3) is 0 Å². The Labute approximate surface area is 110 Å². The van der Waals surface area contributed by atoms with E-state index < -0.39 is 0 Å². The lowest BCUT2D eigenvalue weighted by Crippen LogP contribution is -2.17. The molecule has 1 atom stereocenters. The number of hydrogen-bond acceptors (Lipinski definition) is 4. The molecular formula is C12H14ClN3S. The molecule has 2 rings (SSSR count). The van der Waals surface area contributed by atoms with Crippen molar-refractivity contribution in [1.82, 2.24) is 14.9 Å². The third-order valence-corrected chi connectivity index (χ3v) is 3.83. The van der Waals surface area contributed by atoms with Crippen LogP contribution >= 0.6 is 23.1 Å². The number of nitrogens with zero attached hydrogens (tertiary/aromatic N) is 2. The Balaban J connectivity index is 2.19. The summed E-state index contributed by atoms with van der Waals surface area (Å²) in [5, 5.41) is 7.95. The summed E-state index contributed by atoms with van der Waals surface area (Å²) in [6.07, 6.45) is 2.65. The second kappa shape index (κ2) is 5.58. The van der Waals surface area contributed by atoms with Crippen molar-refractivity contribution in [2.75, 3.05) is 7.05 Å². The highest BCUT2D eigenvalue weighted by Gasteiger charge is 2.14. The van der Waals surface area contributed by atoms with Gasteiger partial charge in [0, 0.05) is 11.1 Å². The van der Waals surface area contributed by atoms with Crippen LogP contribution in [-0.4, -0.2) is 16.6 Å². The maximum Gasteiger partial charge on any atom is 0.0669 e. The summed E-state index contributed by atoms with van der Waals surface area (Å²) in [6, 6.07) is 6.37. The van der Waals surface area contributed by atoms with Crippen molar-refractivity contribution in [3.8, 4) is 0 Å². The summed E-state index contributed by atoms with van der Waals surface area (Å²) >= 11 is 7.65. The molecule has 1 heterocycles. The van der Waals surface area contributed by atoms with Gasteiger partial charge in [-0.2, -0.15) is 0 Å². The third kappa shape index (κ3) is 3.03. The molecule has 0 aliphatic carbocycles. The molecule has 1 aromatic heterocycles. The number of hydrogen-bond donors (Lipinski definition) is 1. The fourth-order valence-electron chi connectivity index (χ4n) is 1.71. The maximum atomic E-state index is 6.24. The third-order valence-electron chi connectivity index (χ3n) is 2.70. The zero-order valence-electron chi connectivity index (χ0n) is 9.77. The number of nitrogens with one attached hydrogen (secondary N) is 1. The Morgan fingerprint density at radius 3 is 2.88 bits per heavy atom. The van der Waals surface area contributed by atoms with Crippen LogP contribution in [0.3, 0.4) is 0 Å². The summed E-state index contributed by atoms with van der Waals surface area (Å²) in [5.41, 5.74) is 2.32. The molecule has 1 unspecified atom stereocenters. The minimum Gasteiger partial charge on any atom is -0.312 e. The van der Waals surface area contributed by atoms with Crippen molar-refractivity contribution in [3.05, 3.63) is 45.4 Å². The molecule has 90 valence electrons. The summed E-state index contributed by atoms with van der Waals surface area (Å²) in [5.74, 6) is 0. The van der Waals surface area contributed by atoms with E-state index in [-0.39, 0.29) is 6.04 Å². The van der Waals surface area contributed by atoms with Gasteiger partial charge >= 0.3 is 0 Å². The Hall–Kier alpha value is -0.970. The first-order valence-corrected chi connectivity index (χ1v) is 6.55. The first-order chi connectivity index (χ1) is 8.20. The highest BCUT2D eigenvalue weighted by atomic mass is 35.5. The van der Waals surface area contributed by atoms with Crippen molar-refractivity contribution in [2.45, 2.75) is 19.4 Å². The van der Waals surface area contributed by atoms with Crippen LogP contribution in [0.2, 0.25) is 5.02 Å². The molecule has 0 spiro atoms. The molecule has 3 nitrogen and oxygen atoms in total. The Morgan fingerprint density at radius 2 is 2.29 bits per heavy atom. The first kappa shape index (κ1) is 12.5. The predicted molar refractivity (Wildman–Crippen MR) is 71.6 cm³/mol. The first-order valence-electron chi connectivity index (χ1n) is 5.40. The minimum atomic E-state index is 0.218. The van der Waals surface area contributed by atoms with Gasteiger partial charge < -0.3 is 5.32 Å². The quantitative estimate of drug-likeness (QED) is 0.925. The summed E-state index contributed by atoms with van der Waals surface area (Å²) < 4.78 is 3.89. The number of benzene rings is 1. The largest absolute Gasteiger partial charge is 0.312 e. The van der Waals surface area contributed by atoms with Gasteiger partial charge in [-0.1, -0.05) is 28.2 Å². The van der Waals surface area contributed by atoms with Crippen LogP contribution in [0, 0.1) is 6.92 Å². The normalized spacial score (nSPS) is 12.6. The average Bonchev–Trinajstić information content (AvgIpc) is 2.81. The van der Waals surface area contributed by atoms with E-state index in [0.717, 1.165) is 21.9 Å². The van der Waals surface area contributed by atoms with Gasteiger partial charge in [-0.3, -0.25) is 0 Å². The smallest absolute Gasteiger partial charge is 0.0669 e. The van der Waals surface area contributed by atoms with E-state index in [2.05, 4.69) is 27.0 Å². The molecule has 0 fully saturated rings. The van der Waals surface area contributed by atoms with Crippen molar-refractivity contribution in [2.24, 2.45) is 0 Å². The van der Waals surface area contributed by atoms with Gasteiger partial charge in [0.1, 0.15) is 0 Å². The lowest BCUT2D eigenvalue weighted by Gasteiger charge is -2.14. The summed E-state index contributed by atoms with van der Waals surface area (Å²) in [4.78, 5) is 1.13. The van der Waals surface area contributed by atoms with Crippen LogP contribution in [-0.2, 0) is 6.42 Å². The molecule has 0 aliphatic rings. The van der Waals surface area contributed by atoms with E-state index in [4.69, 9.17) is 11.6 Å². The lowest BCUT2D eigenvalue weighted by molar-refractivity contribution is 0.601. The van der Waals surface area contributed by atoms with Crippen LogP contribution < -0.4 is 5.32 Å². The minimum absolute atomic E-state index is 0.218. The van der Waals surface area contributed by atoms with Crippen molar-refractivity contribution < 1.29 is 0 Å². The van der Waals surface area contributed by atoms with Crippen molar-refractivity contribution in [3.63, 3.8) is 0 Å². The predicted octanol–water partition coefficient (Wildman–Crippen LogP) is 3.00. The van der Waals surface area contributed by atoms with Crippen LogP contribution in [0.25, 0.3) is 0 Å². The lowest BCUT2D eigenvalue weighted by atomic mass is 10.0. The van der Waals surface area contributed by atoms with E-state index in [1.165, 1.54) is 17.1 Å². The molecular weight excluding hydrogens is 254 g/mol. The van der Waals surface area contributed by atoms with Gasteiger partial charge in [0.05, 0.1) is 11.1 Å². The maximum absolute atomic E-state index is 6.24. The molecule has 0 saturated carbocycles. The second-order valence-corrected chi connectivity index (χ2v) is 5.18. The Morgan fingerprint density at radius 1 is 1.47 bits per heavy atom. The van der Waals surface area contributed by atoms with Gasteiger partial charge in [0.2, 0.25) is 0 Å². The SMILES string of the molecule is CNC(Cc1ccc(C)cc1Cl)c1cnns1. The molecule has 2 aromatic rings. The standard InChI is InChI=1S/C12H14ClN3S/c1-8-3-4-9(10(13)5-8)6-11(14-2)12-7-15-16-17-12/h3-5,7,11,14H,6H2,1-2H3. The van der Waals surface area contributed by atoms with E-state index in [1.807, 2.05) is 20.0 Å². The zero-order valence-corrected chi connectivity index (χ0v) is 11.3. The number of aryl methyl sites for hydroxylation is 1. The van der Waals surface area contributed by atoms with Gasteiger partial charge in [-0.25, -0.2) is 0 Å². The van der Waals surface area contributed by atoms with Gasteiger partial charge in [-0.05, 0) is 49.1 Å². The zero-order chi connectivity index (χ0) is 12.3. The van der Waals surface area contributed by atoms with Crippen LogP contribution in [0.5, 0.6) is 0 Å². The van der Waals surface area contributed by atoms with Crippen LogP contribution in [0.15, 0.2) is 24.4 Å². The number of aromatic nitrogens is 2. The summed E-state index contributed by atoms with van der Waals surface area (Å²) in [6.45, 7) is 2.04. The van der Waals surface area contributed by atoms with E-state index in [0.29, 0.717) is 0 Å². The highest BCUT2D eigenvalue weighted by Crippen LogP contribution is 2.25. The van der Waals surface area contributed by atoms with Crippen molar-refractivity contribution in [1.29, 1.82) is 0 Å². The molecule has 0 radical (unpaired) electrons. The number of rotatable bonds is 4. The topological polar surface area (TPSA) is 37.8 Å². The molecule has 0 amide bonds. The summed E-state index contributed by atoms with van der Waals surface area (Å²) in [7, 11) is 1.94. The van der Waals surface area contributed by atoms with Gasteiger partial charge in [-0.15, -0.1) is 5.10 Å². The number of halogens is 1. The molecule has 0 aliphatic heterocycles. The average molecular weight is 268 g/mol. The highest BCUT2D eigenvalue weighted by molar-refractivity contribution is 7.05. The molecule has 1 aromatic carbocycles. The second-order valence-electron chi connectivity index (χ2n) is 3.96.